The molecule has 0 unspecified atom stereocenters. The van der Waals surface area contributed by atoms with Crippen LogP contribution >= 0.6 is 0 Å². The van der Waals surface area contributed by atoms with Crippen molar-refractivity contribution in [2.24, 2.45) is 5.92 Å². The monoisotopic (exact) mass is 259 g/mol. The minimum Gasteiger partial charge on any atom is -0.399 e. The third-order valence-electron chi connectivity index (χ3n) is 3.17. The van der Waals surface area contributed by atoms with Crippen LogP contribution in [-0.4, -0.2) is 29.0 Å². The molecule has 6 heteroatoms. The molecule has 0 spiro atoms. The predicted octanol–water partition coefficient (Wildman–Crippen LogP) is 1.08. The van der Waals surface area contributed by atoms with Crippen LogP contribution in [0.3, 0.4) is 0 Å². The number of imidazole rings is 1. The Morgan fingerprint density at radius 2 is 2.26 bits per heavy atom. The van der Waals surface area contributed by atoms with Gasteiger partial charge in [-0.2, -0.15) is 0 Å². The van der Waals surface area contributed by atoms with E-state index in [-0.39, 0.29) is 11.8 Å². The number of benzene rings is 1. The van der Waals surface area contributed by atoms with Crippen molar-refractivity contribution < 1.29 is 4.79 Å². The first kappa shape index (κ1) is 11.8. The summed E-state index contributed by atoms with van der Waals surface area (Å²) in [5.74, 6) is 1.12. The number of aromatic nitrogens is 2. The maximum absolute atomic E-state index is 11.4. The van der Waals surface area contributed by atoms with E-state index >= 15 is 0 Å². The normalized spacial score (nSPS) is 14.5. The summed E-state index contributed by atoms with van der Waals surface area (Å²) in [6.07, 6.45) is 2.06. The smallest absolute Gasteiger partial charge is 0.223 e. The highest BCUT2D eigenvalue weighted by atomic mass is 16.2. The average molecular weight is 259 g/mol. The highest BCUT2D eigenvalue weighted by Gasteiger charge is 2.28. The average Bonchev–Trinajstić information content (AvgIpc) is 3.16. The second-order valence-corrected chi connectivity index (χ2v) is 4.85. The molecule has 1 saturated carbocycles. The van der Waals surface area contributed by atoms with Crippen molar-refractivity contribution in [2.75, 3.05) is 24.1 Å². The van der Waals surface area contributed by atoms with Crippen molar-refractivity contribution in [3.63, 3.8) is 0 Å². The van der Waals surface area contributed by atoms with Crippen LogP contribution in [0.2, 0.25) is 0 Å². The van der Waals surface area contributed by atoms with Gasteiger partial charge in [0.25, 0.3) is 0 Å². The van der Waals surface area contributed by atoms with Gasteiger partial charge >= 0.3 is 0 Å². The van der Waals surface area contributed by atoms with Crippen LogP contribution in [0.1, 0.15) is 12.8 Å². The first-order valence-electron chi connectivity index (χ1n) is 6.49. The summed E-state index contributed by atoms with van der Waals surface area (Å²) in [5, 5.41) is 6.04. The molecule has 3 rings (SSSR count). The Bertz CT molecular complexity index is 602. The van der Waals surface area contributed by atoms with Gasteiger partial charge in [-0.3, -0.25) is 4.79 Å². The highest BCUT2D eigenvalue weighted by molar-refractivity contribution is 5.81. The number of hydrogen-bond donors (Lipinski definition) is 4. The first-order valence-corrected chi connectivity index (χ1v) is 6.49. The molecule has 1 aliphatic carbocycles. The van der Waals surface area contributed by atoms with Crippen LogP contribution in [-0.2, 0) is 4.79 Å². The minimum atomic E-state index is 0.166. The summed E-state index contributed by atoms with van der Waals surface area (Å²) in [4.78, 5) is 18.9. The van der Waals surface area contributed by atoms with E-state index in [1.54, 1.807) is 0 Å². The van der Waals surface area contributed by atoms with Gasteiger partial charge in [-0.1, -0.05) is 0 Å². The lowest BCUT2D eigenvalue weighted by Crippen LogP contribution is -2.29. The summed E-state index contributed by atoms with van der Waals surface area (Å²) in [6, 6.07) is 5.55. The van der Waals surface area contributed by atoms with Crippen LogP contribution in [0, 0.1) is 5.92 Å². The summed E-state index contributed by atoms with van der Waals surface area (Å²) < 4.78 is 0. The van der Waals surface area contributed by atoms with Crippen LogP contribution in [0.5, 0.6) is 0 Å². The number of fused-ring (bicyclic) bond motifs is 1. The van der Waals surface area contributed by atoms with E-state index in [4.69, 9.17) is 5.73 Å². The molecule has 6 nitrogen and oxygen atoms in total. The second-order valence-electron chi connectivity index (χ2n) is 4.85. The van der Waals surface area contributed by atoms with Gasteiger partial charge in [0.1, 0.15) is 0 Å². The van der Waals surface area contributed by atoms with Gasteiger partial charge in [0.15, 0.2) is 0 Å². The number of carbonyl (C=O) groups excluding carboxylic acids is 1. The van der Waals surface area contributed by atoms with Gasteiger partial charge in [-0.15, -0.1) is 0 Å². The van der Waals surface area contributed by atoms with Crippen molar-refractivity contribution in [1.82, 2.24) is 15.3 Å². The number of aromatic amines is 1. The molecule has 100 valence electrons. The molecule has 1 heterocycles. The molecule has 19 heavy (non-hydrogen) atoms. The van der Waals surface area contributed by atoms with Crippen molar-refractivity contribution in [3.8, 4) is 0 Å². The zero-order valence-corrected chi connectivity index (χ0v) is 10.6. The standard InChI is InChI=1S/C13H17N5O/c14-9-3-4-10-11(7-9)18-13(17-10)16-6-5-15-12(19)8-1-2-8/h3-4,7-8H,1-2,5-6,14H2,(H,15,19)(H2,16,17,18). The molecule has 0 atom stereocenters. The van der Waals surface area contributed by atoms with Crippen LogP contribution in [0.4, 0.5) is 11.6 Å². The van der Waals surface area contributed by atoms with Gasteiger partial charge < -0.3 is 21.4 Å². The molecule has 1 aromatic heterocycles. The van der Waals surface area contributed by atoms with E-state index < -0.39 is 0 Å². The van der Waals surface area contributed by atoms with Gasteiger partial charge in [0.2, 0.25) is 11.9 Å². The third-order valence-corrected chi connectivity index (χ3v) is 3.17. The zero-order valence-electron chi connectivity index (χ0n) is 10.6. The Hall–Kier alpha value is -2.24. The van der Waals surface area contributed by atoms with Crippen molar-refractivity contribution in [3.05, 3.63) is 18.2 Å². The van der Waals surface area contributed by atoms with Gasteiger partial charge in [-0.05, 0) is 31.0 Å². The van der Waals surface area contributed by atoms with E-state index in [9.17, 15) is 4.79 Å². The van der Waals surface area contributed by atoms with Crippen molar-refractivity contribution in [2.45, 2.75) is 12.8 Å². The Balaban J connectivity index is 1.52. The summed E-state index contributed by atoms with van der Waals surface area (Å²) in [5.41, 5.74) is 8.20. The maximum atomic E-state index is 11.4. The number of rotatable bonds is 5. The second kappa shape index (κ2) is 4.79. The highest BCUT2D eigenvalue weighted by Crippen LogP contribution is 2.28. The lowest BCUT2D eigenvalue weighted by atomic mass is 10.3. The van der Waals surface area contributed by atoms with E-state index in [1.807, 2.05) is 18.2 Å². The molecule has 5 N–H and O–H groups in total. The van der Waals surface area contributed by atoms with E-state index in [0.29, 0.717) is 24.7 Å². The van der Waals surface area contributed by atoms with Crippen LogP contribution < -0.4 is 16.4 Å². The Morgan fingerprint density at radius 3 is 3.05 bits per heavy atom. The Labute approximate surface area is 110 Å². The molecule has 0 radical (unpaired) electrons. The number of nitrogens with zero attached hydrogens (tertiary/aromatic N) is 1. The number of anilines is 2. The topological polar surface area (TPSA) is 95.8 Å². The lowest BCUT2D eigenvalue weighted by Gasteiger charge is -2.04. The molecular weight excluding hydrogens is 242 g/mol. The number of nitrogens with two attached hydrogens (primary N) is 1. The first-order chi connectivity index (χ1) is 9.22. The van der Waals surface area contributed by atoms with Gasteiger partial charge in [0, 0.05) is 24.7 Å². The van der Waals surface area contributed by atoms with Crippen LogP contribution in [0.25, 0.3) is 11.0 Å². The van der Waals surface area contributed by atoms with E-state index in [1.165, 1.54) is 0 Å². The van der Waals surface area contributed by atoms with Crippen molar-refractivity contribution in [1.29, 1.82) is 0 Å². The number of amides is 1. The Morgan fingerprint density at radius 1 is 1.42 bits per heavy atom. The summed E-state index contributed by atoms with van der Waals surface area (Å²) >= 11 is 0. The molecule has 0 aliphatic heterocycles. The SMILES string of the molecule is Nc1ccc2nc(NCCNC(=O)C3CC3)[nH]c2c1. The third kappa shape index (κ3) is 2.78. The van der Waals surface area contributed by atoms with E-state index in [0.717, 1.165) is 23.9 Å². The number of nitrogens with one attached hydrogen (secondary N) is 3. The number of H-pyrrole nitrogens is 1. The molecule has 1 aliphatic rings. The number of nitrogen functional groups attached to an aromatic ring is 1. The maximum Gasteiger partial charge on any atom is 0.223 e. The van der Waals surface area contributed by atoms with Crippen molar-refractivity contribution >= 4 is 28.6 Å². The lowest BCUT2D eigenvalue weighted by molar-refractivity contribution is -0.122. The molecule has 2 aromatic rings. The fraction of sp³-hybridized carbons (Fsp3) is 0.385. The molecule has 1 amide bonds. The van der Waals surface area contributed by atoms with E-state index in [2.05, 4.69) is 20.6 Å². The fourth-order valence-electron chi connectivity index (χ4n) is 1.97. The van der Waals surface area contributed by atoms with Gasteiger partial charge in [0.05, 0.1) is 11.0 Å². The summed E-state index contributed by atoms with van der Waals surface area (Å²) in [6.45, 7) is 1.25. The quantitative estimate of drug-likeness (QED) is 0.477. The number of carbonyl (C=O) groups is 1. The van der Waals surface area contributed by atoms with Gasteiger partial charge in [-0.25, -0.2) is 4.98 Å². The largest absolute Gasteiger partial charge is 0.399 e. The summed E-state index contributed by atoms with van der Waals surface area (Å²) in [7, 11) is 0. The van der Waals surface area contributed by atoms with Crippen LogP contribution in [0.15, 0.2) is 18.2 Å². The minimum absolute atomic E-state index is 0.166. The molecule has 0 saturated heterocycles. The fourth-order valence-corrected chi connectivity index (χ4v) is 1.97. The number of hydrogen-bond acceptors (Lipinski definition) is 4. The Kier molecular flexibility index (Phi) is 2.98. The molecule has 1 fully saturated rings. The molecule has 1 aromatic carbocycles. The molecular formula is C13H17N5O. The molecule has 0 bridgehead atoms. The zero-order chi connectivity index (χ0) is 13.2. The predicted molar refractivity (Wildman–Crippen MR) is 74.7 cm³/mol.